The maximum Gasteiger partial charge on any atom is 0.319 e. The highest BCUT2D eigenvalue weighted by Crippen LogP contribution is 2.10. The fourth-order valence-electron chi connectivity index (χ4n) is 1.99. The van der Waals surface area contributed by atoms with Crippen LogP contribution in [0.1, 0.15) is 31.7 Å². The van der Waals surface area contributed by atoms with E-state index in [0.29, 0.717) is 12.8 Å². The Labute approximate surface area is 124 Å². The Morgan fingerprint density at radius 3 is 2.76 bits per heavy atom. The van der Waals surface area contributed by atoms with E-state index < -0.39 is 5.97 Å². The third kappa shape index (κ3) is 7.31. The van der Waals surface area contributed by atoms with E-state index in [0.717, 1.165) is 17.8 Å². The molecule has 0 aromatic heterocycles. The van der Waals surface area contributed by atoms with Gasteiger partial charge in [0.2, 0.25) is 0 Å². The smallest absolute Gasteiger partial charge is 0.319 e. The minimum atomic E-state index is -0.812. The van der Waals surface area contributed by atoms with Crippen molar-refractivity contribution in [3.05, 3.63) is 29.8 Å². The lowest BCUT2D eigenvalue weighted by molar-refractivity contribution is -0.137. The second-order valence-corrected chi connectivity index (χ2v) is 5.02. The zero-order valence-corrected chi connectivity index (χ0v) is 12.5. The summed E-state index contributed by atoms with van der Waals surface area (Å²) >= 11 is 0. The van der Waals surface area contributed by atoms with Crippen LogP contribution in [0.3, 0.4) is 0 Å². The first kappa shape index (κ1) is 17.0. The molecule has 0 bridgehead atoms. The van der Waals surface area contributed by atoms with Gasteiger partial charge >= 0.3 is 12.0 Å². The normalized spacial score (nSPS) is 11.7. The Morgan fingerprint density at radius 1 is 1.33 bits per heavy atom. The summed E-state index contributed by atoms with van der Waals surface area (Å²) in [4.78, 5) is 22.3. The van der Waals surface area contributed by atoms with Crippen LogP contribution in [0.4, 0.5) is 10.5 Å². The molecule has 1 aromatic rings. The van der Waals surface area contributed by atoms with Crippen molar-refractivity contribution >= 4 is 17.7 Å². The Kier molecular flexibility index (Phi) is 7.25. The molecule has 116 valence electrons. The minimum Gasteiger partial charge on any atom is -0.481 e. The van der Waals surface area contributed by atoms with Crippen LogP contribution < -0.4 is 16.0 Å². The van der Waals surface area contributed by atoms with Gasteiger partial charge in [-0.2, -0.15) is 0 Å². The molecule has 0 aliphatic rings. The van der Waals surface area contributed by atoms with Crippen LogP contribution in [0.5, 0.6) is 0 Å². The van der Waals surface area contributed by atoms with Crippen LogP contribution in [0.2, 0.25) is 0 Å². The van der Waals surface area contributed by atoms with E-state index in [1.165, 1.54) is 0 Å². The lowest BCUT2D eigenvalue weighted by Crippen LogP contribution is -2.36. The Balaban J connectivity index is 2.38. The van der Waals surface area contributed by atoms with Gasteiger partial charge in [-0.05, 0) is 44.5 Å². The molecule has 2 amide bonds. The standard InChI is InChI=1S/C15H23N3O3/c1-11(5-3-8-14(19)20)17-15(21)18-13-7-4-6-12(9-13)10-16-2/h4,6-7,9,11,16H,3,5,8,10H2,1-2H3,(H,19,20)(H2,17,18,21). The van der Waals surface area contributed by atoms with Crippen molar-refractivity contribution in [2.45, 2.75) is 38.8 Å². The number of amides is 2. The number of anilines is 1. The quantitative estimate of drug-likeness (QED) is 0.591. The van der Waals surface area contributed by atoms with E-state index in [2.05, 4.69) is 16.0 Å². The first-order chi connectivity index (χ1) is 10.0. The van der Waals surface area contributed by atoms with Gasteiger partial charge < -0.3 is 21.1 Å². The second-order valence-electron chi connectivity index (χ2n) is 5.02. The van der Waals surface area contributed by atoms with E-state index >= 15 is 0 Å². The van der Waals surface area contributed by atoms with Gasteiger partial charge in [0, 0.05) is 24.7 Å². The molecule has 1 atom stereocenters. The van der Waals surface area contributed by atoms with E-state index in [1.54, 1.807) is 0 Å². The number of aliphatic carboxylic acids is 1. The molecule has 21 heavy (non-hydrogen) atoms. The summed E-state index contributed by atoms with van der Waals surface area (Å²) in [7, 11) is 1.87. The molecule has 1 aromatic carbocycles. The first-order valence-corrected chi connectivity index (χ1v) is 7.04. The van der Waals surface area contributed by atoms with Crippen LogP contribution in [-0.2, 0) is 11.3 Å². The van der Waals surface area contributed by atoms with Gasteiger partial charge in [-0.15, -0.1) is 0 Å². The number of rotatable bonds is 8. The summed E-state index contributed by atoms with van der Waals surface area (Å²) in [6, 6.07) is 7.26. The molecule has 6 heteroatoms. The number of hydrogen-bond acceptors (Lipinski definition) is 3. The highest BCUT2D eigenvalue weighted by molar-refractivity contribution is 5.89. The van der Waals surface area contributed by atoms with Crippen molar-refractivity contribution in [1.29, 1.82) is 0 Å². The molecular weight excluding hydrogens is 270 g/mol. The van der Waals surface area contributed by atoms with Gasteiger partial charge in [-0.1, -0.05) is 12.1 Å². The summed E-state index contributed by atoms with van der Waals surface area (Å²) in [6.45, 7) is 2.60. The molecule has 0 spiro atoms. The number of carboxylic acid groups (broad SMARTS) is 1. The van der Waals surface area contributed by atoms with Gasteiger partial charge in [0.25, 0.3) is 0 Å². The van der Waals surface area contributed by atoms with Gasteiger partial charge in [-0.3, -0.25) is 4.79 Å². The number of hydrogen-bond donors (Lipinski definition) is 4. The van der Waals surface area contributed by atoms with Gasteiger partial charge in [0.05, 0.1) is 0 Å². The fourth-order valence-corrected chi connectivity index (χ4v) is 1.99. The number of carboxylic acids is 1. The molecule has 0 saturated heterocycles. The Bertz CT molecular complexity index is 477. The lowest BCUT2D eigenvalue weighted by Gasteiger charge is -2.14. The second kappa shape index (κ2) is 8.97. The van der Waals surface area contributed by atoms with Gasteiger partial charge in [0.1, 0.15) is 0 Å². The Morgan fingerprint density at radius 2 is 2.10 bits per heavy atom. The fraction of sp³-hybridized carbons (Fsp3) is 0.467. The predicted octanol–water partition coefficient (Wildman–Crippen LogP) is 2.17. The number of carbonyl (C=O) groups is 2. The predicted molar refractivity (Wildman–Crippen MR) is 82.3 cm³/mol. The summed E-state index contributed by atoms with van der Waals surface area (Å²) in [6.07, 6.45) is 1.31. The van der Waals surface area contributed by atoms with Crippen LogP contribution in [0, 0.1) is 0 Å². The Hall–Kier alpha value is -2.08. The molecule has 0 fully saturated rings. The van der Waals surface area contributed by atoms with E-state index in [-0.39, 0.29) is 18.5 Å². The van der Waals surface area contributed by atoms with Crippen molar-refractivity contribution in [3.8, 4) is 0 Å². The highest BCUT2D eigenvalue weighted by atomic mass is 16.4. The summed E-state index contributed by atoms with van der Waals surface area (Å²) < 4.78 is 0. The maximum absolute atomic E-state index is 11.8. The summed E-state index contributed by atoms with van der Waals surface area (Å²) in [5.74, 6) is -0.812. The molecule has 1 unspecified atom stereocenters. The average Bonchev–Trinajstić information content (AvgIpc) is 2.38. The van der Waals surface area contributed by atoms with E-state index in [4.69, 9.17) is 5.11 Å². The molecule has 0 heterocycles. The molecule has 4 N–H and O–H groups in total. The monoisotopic (exact) mass is 293 g/mol. The lowest BCUT2D eigenvalue weighted by atomic mass is 10.1. The zero-order chi connectivity index (χ0) is 15.7. The summed E-state index contributed by atoms with van der Waals surface area (Å²) in [5, 5.41) is 17.2. The molecule has 0 aliphatic carbocycles. The number of carbonyl (C=O) groups excluding carboxylic acids is 1. The zero-order valence-electron chi connectivity index (χ0n) is 12.5. The van der Waals surface area contributed by atoms with Crippen molar-refractivity contribution < 1.29 is 14.7 Å². The van der Waals surface area contributed by atoms with Crippen LogP contribution >= 0.6 is 0 Å². The topological polar surface area (TPSA) is 90.5 Å². The third-order valence-corrected chi connectivity index (χ3v) is 2.97. The molecule has 0 saturated carbocycles. The molecular formula is C15H23N3O3. The maximum atomic E-state index is 11.8. The molecule has 0 radical (unpaired) electrons. The largest absolute Gasteiger partial charge is 0.481 e. The van der Waals surface area contributed by atoms with Crippen molar-refractivity contribution in [3.63, 3.8) is 0 Å². The van der Waals surface area contributed by atoms with Crippen molar-refractivity contribution in [1.82, 2.24) is 10.6 Å². The van der Waals surface area contributed by atoms with Crippen LogP contribution in [0.25, 0.3) is 0 Å². The minimum absolute atomic E-state index is 0.0650. The third-order valence-electron chi connectivity index (χ3n) is 2.97. The number of urea groups is 1. The van der Waals surface area contributed by atoms with Crippen LogP contribution in [-0.4, -0.2) is 30.2 Å². The van der Waals surface area contributed by atoms with Gasteiger partial charge in [0.15, 0.2) is 0 Å². The van der Waals surface area contributed by atoms with Gasteiger partial charge in [-0.25, -0.2) is 4.79 Å². The SMILES string of the molecule is CNCc1cccc(NC(=O)NC(C)CCCC(=O)O)c1. The number of nitrogens with one attached hydrogen (secondary N) is 3. The summed E-state index contributed by atoms with van der Waals surface area (Å²) in [5.41, 5.74) is 1.82. The van der Waals surface area contributed by atoms with Crippen LogP contribution in [0.15, 0.2) is 24.3 Å². The van der Waals surface area contributed by atoms with E-state index in [9.17, 15) is 9.59 Å². The van der Waals surface area contributed by atoms with Crippen molar-refractivity contribution in [2.24, 2.45) is 0 Å². The van der Waals surface area contributed by atoms with E-state index in [1.807, 2.05) is 38.2 Å². The molecule has 6 nitrogen and oxygen atoms in total. The average molecular weight is 293 g/mol. The number of benzene rings is 1. The molecule has 0 aliphatic heterocycles. The molecule has 1 rings (SSSR count). The highest BCUT2D eigenvalue weighted by Gasteiger charge is 2.08. The first-order valence-electron chi connectivity index (χ1n) is 7.04. The van der Waals surface area contributed by atoms with Crippen molar-refractivity contribution in [2.75, 3.05) is 12.4 Å².